The third kappa shape index (κ3) is 4.93. The van der Waals surface area contributed by atoms with Gasteiger partial charge in [0.05, 0.1) is 6.61 Å². The van der Waals surface area contributed by atoms with E-state index in [0.717, 1.165) is 37.9 Å². The van der Waals surface area contributed by atoms with Crippen LogP contribution in [0, 0.1) is 11.7 Å². The predicted octanol–water partition coefficient (Wildman–Crippen LogP) is 1.61. The summed E-state index contributed by atoms with van der Waals surface area (Å²) >= 11 is 0. The third-order valence-corrected chi connectivity index (χ3v) is 4.19. The lowest BCUT2D eigenvalue weighted by atomic mass is 9.90. The first-order chi connectivity index (χ1) is 10.1. The Morgan fingerprint density at radius 3 is 2.45 bits per heavy atom. The van der Waals surface area contributed by atoms with Gasteiger partial charge in [-0.2, -0.15) is 0 Å². The second-order valence-corrected chi connectivity index (χ2v) is 5.62. The van der Waals surface area contributed by atoms with Crippen molar-refractivity contribution in [2.24, 2.45) is 5.92 Å². The average molecular weight is 331 g/mol. The minimum Gasteiger partial charge on any atom is -0.394 e. The number of nitrogens with one attached hydrogen (secondary N) is 1. The molecule has 1 amide bonds. The number of likely N-dealkylation sites (tertiary alicyclic amines) is 1. The molecule has 6 heteroatoms. The van der Waals surface area contributed by atoms with Crippen LogP contribution in [0.15, 0.2) is 24.3 Å². The van der Waals surface area contributed by atoms with Crippen LogP contribution in [0.2, 0.25) is 0 Å². The number of hydrogen-bond acceptors (Lipinski definition) is 3. The lowest BCUT2D eigenvalue weighted by Crippen LogP contribution is -2.50. The second kappa shape index (κ2) is 9.08. The Bertz CT molecular complexity index is 458. The van der Waals surface area contributed by atoms with Gasteiger partial charge in [0, 0.05) is 13.1 Å². The Balaban J connectivity index is 0.00000242. The molecule has 1 aromatic rings. The van der Waals surface area contributed by atoms with Gasteiger partial charge < -0.3 is 15.3 Å². The van der Waals surface area contributed by atoms with Crippen molar-refractivity contribution in [3.8, 4) is 0 Å². The van der Waals surface area contributed by atoms with E-state index in [0.29, 0.717) is 5.92 Å². The van der Waals surface area contributed by atoms with Crippen molar-refractivity contribution in [1.29, 1.82) is 0 Å². The van der Waals surface area contributed by atoms with Crippen LogP contribution in [0.25, 0.3) is 0 Å². The fraction of sp³-hybridized carbons (Fsp3) is 0.562. The highest BCUT2D eigenvalue weighted by molar-refractivity contribution is 5.85. The van der Waals surface area contributed by atoms with Crippen molar-refractivity contribution in [1.82, 2.24) is 10.2 Å². The molecule has 0 aromatic heterocycles. The summed E-state index contributed by atoms with van der Waals surface area (Å²) in [6, 6.07) is 6.14. The van der Waals surface area contributed by atoms with Gasteiger partial charge in [-0.1, -0.05) is 12.1 Å². The molecule has 0 saturated carbocycles. The van der Waals surface area contributed by atoms with Gasteiger partial charge in [0.15, 0.2) is 0 Å². The van der Waals surface area contributed by atoms with E-state index in [4.69, 9.17) is 5.11 Å². The molecule has 2 rings (SSSR count). The Labute approximate surface area is 137 Å². The first-order valence-corrected chi connectivity index (χ1v) is 7.45. The Morgan fingerprint density at radius 2 is 1.95 bits per heavy atom. The van der Waals surface area contributed by atoms with Crippen molar-refractivity contribution in [2.45, 2.75) is 25.3 Å². The summed E-state index contributed by atoms with van der Waals surface area (Å²) in [5.41, 5.74) is 1.14. The van der Waals surface area contributed by atoms with Gasteiger partial charge >= 0.3 is 0 Å². The van der Waals surface area contributed by atoms with Gasteiger partial charge in [-0.25, -0.2) is 4.39 Å². The van der Waals surface area contributed by atoms with E-state index in [9.17, 15) is 9.18 Å². The SMILES string of the molecule is CN[C@@H](CO)C(=O)N1CCC(Cc2ccc(F)cc2)CC1.Cl. The van der Waals surface area contributed by atoms with Crippen molar-refractivity contribution in [3.63, 3.8) is 0 Å². The fourth-order valence-corrected chi connectivity index (χ4v) is 2.82. The fourth-order valence-electron chi connectivity index (χ4n) is 2.82. The number of nitrogens with zero attached hydrogens (tertiary/aromatic N) is 1. The molecule has 1 aliphatic rings. The van der Waals surface area contributed by atoms with Crippen LogP contribution in [0.3, 0.4) is 0 Å². The van der Waals surface area contributed by atoms with Crippen LogP contribution in [-0.2, 0) is 11.2 Å². The summed E-state index contributed by atoms with van der Waals surface area (Å²) in [5, 5.41) is 12.0. The number of amides is 1. The van der Waals surface area contributed by atoms with Crippen LogP contribution in [0.4, 0.5) is 4.39 Å². The number of carbonyl (C=O) groups excluding carboxylic acids is 1. The van der Waals surface area contributed by atoms with Crippen molar-refractivity contribution < 1.29 is 14.3 Å². The van der Waals surface area contributed by atoms with Gasteiger partial charge in [0.25, 0.3) is 0 Å². The summed E-state index contributed by atoms with van der Waals surface area (Å²) in [6.07, 6.45) is 2.83. The number of rotatable bonds is 5. The van der Waals surface area contributed by atoms with E-state index in [1.165, 1.54) is 12.1 Å². The van der Waals surface area contributed by atoms with E-state index in [2.05, 4.69) is 5.32 Å². The van der Waals surface area contributed by atoms with Gasteiger partial charge in [-0.15, -0.1) is 12.4 Å². The van der Waals surface area contributed by atoms with E-state index in [1.807, 2.05) is 17.0 Å². The van der Waals surface area contributed by atoms with E-state index >= 15 is 0 Å². The number of benzene rings is 1. The average Bonchev–Trinajstić information content (AvgIpc) is 2.51. The molecule has 4 nitrogen and oxygen atoms in total. The van der Waals surface area contributed by atoms with Gasteiger partial charge in [0.2, 0.25) is 5.91 Å². The molecular formula is C16H24ClFN2O2. The first-order valence-electron chi connectivity index (χ1n) is 7.45. The molecule has 2 N–H and O–H groups in total. The predicted molar refractivity (Wildman–Crippen MR) is 86.6 cm³/mol. The van der Waals surface area contributed by atoms with Crippen LogP contribution < -0.4 is 5.32 Å². The summed E-state index contributed by atoms with van der Waals surface area (Å²) in [5.74, 6) is 0.295. The molecule has 22 heavy (non-hydrogen) atoms. The standard InChI is InChI=1S/C16H23FN2O2.ClH/c1-18-15(11-20)16(21)19-8-6-13(7-9-19)10-12-2-4-14(17)5-3-12;/h2-5,13,15,18,20H,6-11H2,1H3;1H/t15-;/m0./s1. The lowest BCUT2D eigenvalue weighted by Gasteiger charge is -2.34. The molecule has 1 fully saturated rings. The minimum atomic E-state index is -0.501. The number of halogens is 2. The number of aliphatic hydroxyl groups is 1. The first kappa shape index (κ1) is 18.9. The van der Waals surface area contributed by atoms with E-state index < -0.39 is 6.04 Å². The summed E-state index contributed by atoms with van der Waals surface area (Å²) < 4.78 is 12.9. The molecule has 1 aliphatic heterocycles. The highest BCUT2D eigenvalue weighted by atomic mass is 35.5. The third-order valence-electron chi connectivity index (χ3n) is 4.19. The van der Waals surface area contributed by atoms with Crippen LogP contribution in [0.1, 0.15) is 18.4 Å². The smallest absolute Gasteiger partial charge is 0.242 e. The Morgan fingerprint density at radius 1 is 1.36 bits per heavy atom. The largest absolute Gasteiger partial charge is 0.394 e. The Hall–Kier alpha value is -1.17. The van der Waals surface area contributed by atoms with E-state index in [-0.39, 0.29) is 30.7 Å². The van der Waals surface area contributed by atoms with Crippen molar-refractivity contribution in [2.75, 3.05) is 26.7 Å². The second-order valence-electron chi connectivity index (χ2n) is 5.62. The van der Waals surface area contributed by atoms with Crippen LogP contribution in [0.5, 0.6) is 0 Å². The van der Waals surface area contributed by atoms with Crippen molar-refractivity contribution >= 4 is 18.3 Å². The lowest BCUT2D eigenvalue weighted by molar-refractivity contribution is -0.135. The molecule has 0 aliphatic carbocycles. The molecule has 1 aromatic carbocycles. The molecular weight excluding hydrogens is 307 g/mol. The van der Waals surface area contributed by atoms with E-state index in [1.54, 1.807) is 7.05 Å². The number of piperidine rings is 1. The molecule has 1 saturated heterocycles. The van der Waals surface area contributed by atoms with Gasteiger partial charge in [-0.3, -0.25) is 4.79 Å². The summed E-state index contributed by atoms with van der Waals surface area (Å²) in [4.78, 5) is 13.9. The number of likely N-dealkylation sites (N-methyl/N-ethyl adjacent to an activating group) is 1. The molecule has 1 heterocycles. The zero-order chi connectivity index (χ0) is 15.2. The molecule has 0 spiro atoms. The van der Waals surface area contributed by atoms with Gasteiger partial charge in [0.1, 0.15) is 11.9 Å². The topological polar surface area (TPSA) is 52.6 Å². The molecule has 1 atom stereocenters. The monoisotopic (exact) mass is 330 g/mol. The maximum absolute atomic E-state index is 12.9. The van der Waals surface area contributed by atoms with Crippen molar-refractivity contribution in [3.05, 3.63) is 35.6 Å². The Kier molecular flexibility index (Phi) is 7.79. The zero-order valence-electron chi connectivity index (χ0n) is 12.8. The maximum atomic E-state index is 12.9. The van der Waals surface area contributed by atoms with Crippen LogP contribution >= 0.6 is 12.4 Å². The number of aliphatic hydroxyl groups excluding tert-OH is 1. The number of carbonyl (C=O) groups is 1. The highest BCUT2D eigenvalue weighted by Crippen LogP contribution is 2.22. The molecule has 124 valence electrons. The highest BCUT2D eigenvalue weighted by Gasteiger charge is 2.27. The van der Waals surface area contributed by atoms with Gasteiger partial charge in [-0.05, 0) is 49.9 Å². The summed E-state index contributed by atoms with van der Waals surface area (Å²) in [6.45, 7) is 1.27. The normalized spacial score (nSPS) is 17.0. The quantitative estimate of drug-likeness (QED) is 0.862. The number of hydrogen-bond donors (Lipinski definition) is 2. The zero-order valence-corrected chi connectivity index (χ0v) is 13.6. The molecule has 0 radical (unpaired) electrons. The minimum absolute atomic E-state index is 0. The summed E-state index contributed by atoms with van der Waals surface area (Å²) in [7, 11) is 1.68. The van der Waals surface area contributed by atoms with Crippen LogP contribution in [-0.4, -0.2) is 48.7 Å². The molecule has 0 bridgehead atoms. The maximum Gasteiger partial charge on any atom is 0.242 e. The molecule has 0 unspecified atom stereocenters.